The van der Waals surface area contributed by atoms with Crippen LogP contribution < -0.4 is 10.6 Å². The summed E-state index contributed by atoms with van der Waals surface area (Å²) in [4.78, 5) is 19.6. The molecule has 3 N–H and O–H groups in total. The summed E-state index contributed by atoms with van der Waals surface area (Å²) in [6.07, 6.45) is 0.957. The monoisotopic (exact) mass is 439 g/mol. The maximum absolute atomic E-state index is 12.5. The number of benzene rings is 1. The third kappa shape index (κ3) is 5.23. The summed E-state index contributed by atoms with van der Waals surface area (Å²) >= 11 is 0. The van der Waals surface area contributed by atoms with E-state index in [-0.39, 0.29) is 5.41 Å². The Bertz CT molecular complexity index is 981. The lowest BCUT2D eigenvalue weighted by Gasteiger charge is -2.41. The Labute approximate surface area is 191 Å². The van der Waals surface area contributed by atoms with Crippen LogP contribution in [-0.4, -0.2) is 34.8 Å². The highest BCUT2D eigenvalue weighted by atomic mass is 16.5. The first kappa shape index (κ1) is 24.1. The van der Waals surface area contributed by atoms with E-state index in [1.165, 1.54) is 0 Å². The van der Waals surface area contributed by atoms with E-state index in [0.717, 1.165) is 48.4 Å². The molecule has 174 valence electrons. The van der Waals surface area contributed by atoms with Crippen LogP contribution in [0.4, 0.5) is 11.4 Å². The predicted octanol–water partition coefficient (Wildman–Crippen LogP) is 5.51. The van der Waals surface area contributed by atoms with Gasteiger partial charge < -0.3 is 20.5 Å². The molecule has 1 saturated heterocycles. The standard InChI is InChI=1S/C26H37N3O3/c1-16-20(18-8-10-19(27)11-9-18)22(29-14-12-26(6,7)13-15-29)21(17(2)28-16)23(24(30)31)32-25(3,4)5/h8-11,23H,12-15,27H2,1-7H3,(H,30,31)/t23-/m0/s1. The summed E-state index contributed by atoms with van der Waals surface area (Å²) < 4.78 is 6.10. The second-order valence-corrected chi connectivity index (χ2v) is 10.6. The SMILES string of the molecule is Cc1nc(C)c([C@H](OC(C)(C)C)C(=O)O)c(N2CCC(C)(C)CC2)c1-c1ccc(N)cc1. The number of aliphatic carboxylic acids is 1. The van der Waals surface area contributed by atoms with E-state index in [1.54, 1.807) is 0 Å². The number of carbonyl (C=O) groups is 1. The van der Waals surface area contributed by atoms with Crippen molar-refractivity contribution in [1.82, 2.24) is 4.98 Å². The van der Waals surface area contributed by atoms with Gasteiger partial charge in [-0.25, -0.2) is 4.79 Å². The van der Waals surface area contributed by atoms with Gasteiger partial charge in [0.05, 0.1) is 11.3 Å². The normalized spacial score (nSPS) is 17.3. The van der Waals surface area contributed by atoms with Gasteiger partial charge in [-0.1, -0.05) is 26.0 Å². The van der Waals surface area contributed by atoms with Crippen LogP contribution in [0.1, 0.15) is 70.5 Å². The summed E-state index contributed by atoms with van der Waals surface area (Å²) in [5.74, 6) is -1.00. The van der Waals surface area contributed by atoms with E-state index in [1.807, 2.05) is 58.9 Å². The third-order valence-electron chi connectivity index (χ3n) is 6.17. The average molecular weight is 440 g/mol. The Morgan fingerprint density at radius 3 is 2.19 bits per heavy atom. The first-order chi connectivity index (χ1) is 14.8. The van der Waals surface area contributed by atoms with Crippen LogP contribution in [0.2, 0.25) is 0 Å². The zero-order chi connectivity index (χ0) is 23.8. The van der Waals surface area contributed by atoms with Crippen LogP contribution in [0.15, 0.2) is 24.3 Å². The minimum Gasteiger partial charge on any atom is -0.479 e. The number of nitrogens with two attached hydrogens (primary N) is 1. The first-order valence-corrected chi connectivity index (χ1v) is 11.3. The van der Waals surface area contributed by atoms with E-state index in [2.05, 4.69) is 18.7 Å². The lowest BCUT2D eigenvalue weighted by molar-refractivity contribution is -0.160. The number of nitrogen functional groups attached to an aromatic ring is 1. The molecule has 6 heteroatoms. The van der Waals surface area contributed by atoms with E-state index < -0.39 is 17.7 Å². The van der Waals surface area contributed by atoms with Crippen LogP contribution in [0, 0.1) is 19.3 Å². The molecule has 32 heavy (non-hydrogen) atoms. The highest BCUT2D eigenvalue weighted by molar-refractivity contribution is 5.88. The molecule has 0 aliphatic carbocycles. The van der Waals surface area contributed by atoms with Crippen molar-refractivity contribution in [3.63, 3.8) is 0 Å². The summed E-state index contributed by atoms with van der Waals surface area (Å²) in [6.45, 7) is 15.8. The van der Waals surface area contributed by atoms with Crippen LogP contribution in [0.25, 0.3) is 11.1 Å². The van der Waals surface area contributed by atoms with Crippen LogP contribution >= 0.6 is 0 Å². The van der Waals surface area contributed by atoms with Crippen molar-refractivity contribution in [2.24, 2.45) is 5.41 Å². The maximum Gasteiger partial charge on any atom is 0.337 e. The Balaban J connectivity index is 2.29. The first-order valence-electron chi connectivity index (χ1n) is 11.3. The molecule has 1 aliphatic rings. The molecule has 6 nitrogen and oxygen atoms in total. The van der Waals surface area contributed by atoms with Gasteiger partial charge in [-0.3, -0.25) is 4.98 Å². The maximum atomic E-state index is 12.5. The summed E-state index contributed by atoms with van der Waals surface area (Å²) in [5.41, 5.74) is 11.3. The number of pyridine rings is 1. The summed E-state index contributed by atoms with van der Waals surface area (Å²) in [6, 6.07) is 7.71. The average Bonchev–Trinajstić information content (AvgIpc) is 2.66. The largest absolute Gasteiger partial charge is 0.479 e. The minimum atomic E-state index is -1.11. The predicted molar refractivity (Wildman–Crippen MR) is 130 cm³/mol. The number of carboxylic acid groups (broad SMARTS) is 1. The minimum absolute atomic E-state index is 0.267. The molecule has 0 unspecified atom stereocenters. The number of hydrogen-bond acceptors (Lipinski definition) is 5. The number of ether oxygens (including phenoxy) is 1. The fourth-order valence-corrected chi connectivity index (χ4v) is 4.40. The van der Waals surface area contributed by atoms with Crippen molar-refractivity contribution < 1.29 is 14.6 Å². The Kier molecular flexibility index (Phi) is 6.57. The number of nitrogens with zero attached hydrogens (tertiary/aromatic N) is 2. The Morgan fingerprint density at radius 1 is 1.12 bits per heavy atom. The van der Waals surface area contributed by atoms with Gasteiger partial charge >= 0.3 is 5.97 Å². The van der Waals surface area contributed by atoms with Gasteiger partial charge in [0, 0.05) is 41.3 Å². The quantitative estimate of drug-likeness (QED) is 0.597. The van der Waals surface area contributed by atoms with E-state index in [9.17, 15) is 9.90 Å². The lowest BCUT2D eigenvalue weighted by Crippen LogP contribution is -2.39. The number of carboxylic acids is 1. The van der Waals surface area contributed by atoms with E-state index in [0.29, 0.717) is 16.9 Å². The fourth-order valence-electron chi connectivity index (χ4n) is 4.40. The number of aryl methyl sites for hydroxylation is 2. The second kappa shape index (κ2) is 8.74. The highest BCUT2D eigenvalue weighted by Gasteiger charge is 2.36. The molecule has 3 rings (SSSR count). The third-order valence-corrected chi connectivity index (χ3v) is 6.17. The molecule has 1 fully saturated rings. The van der Waals surface area contributed by atoms with Gasteiger partial charge in [-0.05, 0) is 70.6 Å². The Morgan fingerprint density at radius 2 is 1.69 bits per heavy atom. The molecule has 0 spiro atoms. The van der Waals surface area contributed by atoms with Crippen molar-refractivity contribution in [2.45, 2.75) is 73.0 Å². The molecule has 1 aromatic heterocycles. The molecule has 1 aliphatic heterocycles. The van der Waals surface area contributed by atoms with Crippen LogP contribution in [-0.2, 0) is 9.53 Å². The van der Waals surface area contributed by atoms with Gasteiger partial charge in [0.15, 0.2) is 6.10 Å². The zero-order valence-electron chi connectivity index (χ0n) is 20.5. The van der Waals surface area contributed by atoms with E-state index >= 15 is 0 Å². The molecule has 1 atom stereocenters. The molecular weight excluding hydrogens is 402 g/mol. The molecule has 0 amide bonds. The van der Waals surface area contributed by atoms with Crippen LogP contribution in [0.3, 0.4) is 0 Å². The molecule has 1 aromatic carbocycles. The summed E-state index contributed by atoms with van der Waals surface area (Å²) in [7, 11) is 0. The molecular formula is C26H37N3O3. The zero-order valence-corrected chi connectivity index (χ0v) is 20.5. The van der Waals surface area contributed by atoms with Crippen LogP contribution in [0.5, 0.6) is 0 Å². The fraction of sp³-hybridized carbons (Fsp3) is 0.538. The van der Waals surface area contributed by atoms with Crippen molar-refractivity contribution in [3.8, 4) is 11.1 Å². The number of anilines is 2. The van der Waals surface area contributed by atoms with Crippen molar-refractivity contribution in [3.05, 3.63) is 41.2 Å². The molecule has 0 saturated carbocycles. The van der Waals surface area contributed by atoms with Gasteiger partial charge in [0.1, 0.15) is 0 Å². The number of hydrogen-bond donors (Lipinski definition) is 2. The molecule has 2 heterocycles. The summed E-state index contributed by atoms with van der Waals surface area (Å²) in [5, 5.41) is 10.2. The van der Waals surface area contributed by atoms with Gasteiger partial charge in [-0.15, -0.1) is 0 Å². The van der Waals surface area contributed by atoms with Gasteiger partial charge in [-0.2, -0.15) is 0 Å². The van der Waals surface area contributed by atoms with Crippen molar-refractivity contribution in [1.29, 1.82) is 0 Å². The number of aromatic nitrogens is 1. The van der Waals surface area contributed by atoms with Gasteiger partial charge in [0.2, 0.25) is 0 Å². The highest BCUT2D eigenvalue weighted by Crippen LogP contribution is 2.44. The lowest BCUT2D eigenvalue weighted by atomic mass is 9.82. The molecule has 0 bridgehead atoms. The Hall–Kier alpha value is -2.60. The molecule has 2 aromatic rings. The van der Waals surface area contributed by atoms with E-state index in [4.69, 9.17) is 15.5 Å². The molecule has 0 radical (unpaired) electrons. The number of piperidine rings is 1. The topological polar surface area (TPSA) is 88.7 Å². The van der Waals surface area contributed by atoms with Crippen molar-refractivity contribution >= 4 is 17.3 Å². The number of rotatable bonds is 5. The smallest absolute Gasteiger partial charge is 0.337 e. The van der Waals surface area contributed by atoms with Gasteiger partial charge in [0.25, 0.3) is 0 Å². The van der Waals surface area contributed by atoms with Crippen molar-refractivity contribution in [2.75, 3.05) is 23.7 Å². The second-order valence-electron chi connectivity index (χ2n) is 10.6.